The van der Waals surface area contributed by atoms with E-state index in [-0.39, 0.29) is 23.6 Å². The van der Waals surface area contributed by atoms with Gasteiger partial charge in [0.25, 0.3) is 11.8 Å². The van der Waals surface area contributed by atoms with Crippen molar-refractivity contribution in [1.82, 2.24) is 10.9 Å². The van der Waals surface area contributed by atoms with Crippen LogP contribution in [0.3, 0.4) is 0 Å². The molecule has 0 spiro atoms. The van der Waals surface area contributed by atoms with Gasteiger partial charge in [-0.3, -0.25) is 19.8 Å². The Balaban J connectivity index is 1.63. The van der Waals surface area contributed by atoms with Crippen molar-refractivity contribution >= 4 is 23.4 Å². The highest BCUT2D eigenvalue weighted by molar-refractivity contribution is 6.22. The summed E-state index contributed by atoms with van der Waals surface area (Å²) in [5, 5.41) is 9.71. The molecule has 2 aromatic carbocycles. The molecule has 1 aliphatic rings. The van der Waals surface area contributed by atoms with Gasteiger partial charge in [0, 0.05) is 0 Å². The van der Waals surface area contributed by atoms with Crippen LogP contribution in [0.2, 0.25) is 0 Å². The number of hydrogen-bond acceptors (Lipinski definition) is 6. The Labute approximate surface area is 162 Å². The van der Waals surface area contributed by atoms with E-state index in [0.29, 0.717) is 18.0 Å². The number of nitrogens with zero attached hydrogens (tertiary/aromatic N) is 1. The van der Waals surface area contributed by atoms with Crippen molar-refractivity contribution in [3.05, 3.63) is 54.1 Å². The van der Waals surface area contributed by atoms with Gasteiger partial charge in [0.05, 0.1) is 24.3 Å². The Kier molecular flexibility index (Phi) is 5.90. The average Bonchev–Trinajstić information content (AvgIpc) is 2.98. The van der Waals surface area contributed by atoms with Crippen LogP contribution in [0, 0.1) is 0 Å². The van der Waals surface area contributed by atoms with Gasteiger partial charge in [-0.15, -0.1) is 0 Å². The summed E-state index contributed by atoms with van der Waals surface area (Å²) in [6.07, 6.45) is 0.790. The van der Waals surface area contributed by atoms with Gasteiger partial charge in [-0.25, -0.2) is 10.3 Å². The van der Waals surface area contributed by atoms with Gasteiger partial charge in [-0.1, -0.05) is 19.1 Å². The smallest absolute Gasteiger partial charge is 0.269 e. The second kappa shape index (κ2) is 8.53. The van der Waals surface area contributed by atoms with Crippen molar-refractivity contribution in [2.75, 3.05) is 11.5 Å². The molecule has 0 radical (unpaired) electrons. The summed E-state index contributed by atoms with van der Waals surface area (Å²) in [4.78, 5) is 38.1. The van der Waals surface area contributed by atoms with Gasteiger partial charge in [-0.05, 0) is 42.8 Å². The highest BCUT2D eigenvalue weighted by Gasteiger charge is 2.39. The lowest BCUT2D eigenvalue weighted by Crippen LogP contribution is -2.48. The number of carbonyl (C=O) groups excluding carboxylic acids is 3. The number of imide groups is 1. The number of para-hydroxylation sites is 1. The lowest BCUT2D eigenvalue weighted by atomic mass is 10.2. The fraction of sp³-hybridized carbons (Fsp3) is 0.250. The molecule has 8 heteroatoms. The van der Waals surface area contributed by atoms with Crippen LogP contribution < -0.4 is 20.5 Å². The molecule has 1 fully saturated rings. The summed E-state index contributed by atoms with van der Waals surface area (Å²) in [5.41, 5.74) is 5.45. The number of phenolic OH excluding ortho intramolecular Hbond substituents is 1. The molecule has 1 aliphatic heterocycles. The zero-order chi connectivity index (χ0) is 20.1. The molecule has 3 N–H and O–H groups in total. The Bertz CT molecular complexity index is 882. The van der Waals surface area contributed by atoms with E-state index in [4.69, 9.17) is 4.74 Å². The molecule has 146 valence electrons. The lowest BCUT2D eigenvalue weighted by molar-refractivity contribution is -0.121. The fourth-order valence-electron chi connectivity index (χ4n) is 2.81. The number of aromatic hydroxyl groups is 1. The van der Waals surface area contributed by atoms with Crippen LogP contribution >= 0.6 is 0 Å². The number of anilines is 1. The minimum atomic E-state index is -0.890. The van der Waals surface area contributed by atoms with Crippen LogP contribution in [-0.2, 0) is 9.59 Å². The zero-order valence-electron chi connectivity index (χ0n) is 15.3. The third-order valence-corrected chi connectivity index (χ3v) is 4.22. The predicted molar refractivity (Wildman–Crippen MR) is 102 cm³/mol. The highest BCUT2D eigenvalue weighted by atomic mass is 16.5. The van der Waals surface area contributed by atoms with E-state index in [1.807, 2.05) is 6.92 Å². The first kappa shape index (κ1) is 19.4. The summed E-state index contributed by atoms with van der Waals surface area (Å²) in [6, 6.07) is 11.8. The van der Waals surface area contributed by atoms with Gasteiger partial charge in [0.15, 0.2) is 0 Å². The number of phenols is 1. The molecule has 0 aliphatic carbocycles. The van der Waals surface area contributed by atoms with Crippen LogP contribution in [0.15, 0.2) is 48.5 Å². The first-order valence-electron chi connectivity index (χ1n) is 8.94. The molecule has 3 amide bonds. The van der Waals surface area contributed by atoms with E-state index in [9.17, 15) is 19.5 Å². The summed E-state index contributed by atoms with van der Waals surface area (Å²) < 4.78 is 5.50. The molecule has 28 heavy (non-hydrogen) atoms. The number of benzene rings is 2. The van der Waals surface area contributed by atoms with Crippen molar-refractivity contribution in [2.45, 2.75) is 25.8 Å². The predicted octanol–water partition coefficient (Wildman–Crippen LogP) is 1.75. The van der Waals surface area contributed by atoms with Crippen molar-refractivity contribution in [1.29, 1.82) is 0 Å². The SMILES string of the molecule is CCCOc1ccc(N2C(=O)C[C@H](NNC(=O)c3ccccc3O)C2=O)cc1. The topological polar surface area (TPSA) is 108 Å². The number of nitrogens with one attached hydrogen (secondary N) is 2. The van der Waals surface area contributed by atoms with Crippen LogP contribution in [0.5, 0.6) is 11.5 Å². The Morgan fingerprint density at radius 1 is 1.18 bits per heavy atom. The second-order valence-electron chi connectivity index (χ2n) is 6.28. The highest BCUT2D eigenvalue weighted by Crippen LogP contribution is 2.25. The van der Waals surface area contributed by atoms with Gasteiger partial charge < -0.3 is 9.84 Å². The van der Waals surface area contributed by atoms with Crippen LogP contribution in [0.25, 0.3) is 0 Å². The quantitative estimate of drug-likeness (QED) is 0.497. The van der Waals surface area contributed by atoms with Gasteiger partial charge in [0.2, 0.25) is 5.91 Å². The first-order valence-corrected chi connectivity index (χ1v) is 8.94. The van der Waals surface area contributed by atoms with Gasteiger partial charge in [0.1, 0.15) is 17.5 Å². The largest absolute Gasteiger partial charge is 0.507 e. The molecule has 0 aromatic heterocycles. The molecule has 0 unspecified atom stereocenters. The summed E-state index contributed by atoms with van der Waals surface area (Å²) in [5.74, 6) is -0.961. The summed E-state index contributed by atoms with van der Waals surface area (Å²) >= 11 is 0. The average molecular weight is 383 g/mol. The maximum atomic E-state index is 12.6. The molecule has 1 atom stereocenters. The fourth-order valence-corrected chi connectivity index (χ4v) is 2.81. The zero-order valence-corrected chi connectivity index (χ0v) is 15.3. The monoisotopic (exact) mass is 383 g/mol. The molecule has 0 saturated carbocycles. The molecule has 3 rings (SSSR count). The van der Waals surface area contributed by atoms with Crippen LogP contribution in [-0.4, -0.2) is 35.5 Å². The number of amides is 3. The van der Waals surface area contributed by atoms with Crippen molar-refractivity contribution in [3.63, 3.8) is 0 Å². The number of rotatable bonds is 7. The normalized spacial score (nSPS) is 16.3. The molecule has 1 saturated heterocycles. The summed E-state index contributed by atoms with van der Waals surface area (Å²) in [6.45, 7) is 2.59. The van der Waals surface area contributed by atoms with Crippen molar-refractivity contribution in [2.24, 2.45) is 0 Å². The van der Waals surface area contributed by atoms with Crippen LogP contribution in [0.1, 0.15) is 30.1 Å². The third-order valence-electron chi connectivity index (χ3n) is 4.22. The molecule has 8 nitrogen and oxygen atoms in total. The maximum absolute atomic E-state index is 12.6. The summed E-state index contributed by atoms with van der Waals surface area (Å²) in [7, 11) is 0. The van der Waals surface area contributed by atoms with E-state index < -0.39 is 17.9 Å². The van der Waals surface area contributed by atoms with E-state index in [1.54, 1.807) is 36.4 Å². The molecule has 1 heterocycles. The van der Waals surface area contributed by atoms with Gasteiger partial charge >= 0.3 is 0 Å². The van der Waals surface area contributed by atoms with E-state index in [1.165, 1.54) is 12.1 Å². The number of hydrazine groups is 1. The Morgan fingerprint density at radius 2 is 1.89 bits per heavy atom. The van der Waals surface area contributed by atoms with E-state index in [2.05, 4.69) is 10.9 Å². The van der Waals surface area contributed by atoms with E-state index >= 15 is 0 Å². The second-order valence-corrected chi connectivity index (χ2v) is 6.28. The van der Waals surface area contributed by atoms with Crippen molar-refractivity contribution < 1.29 is 24.2 Å². The third kappa shape index (κ3) is 4.12. The first-order chi connectivity index (χ1) is 13.5. The Hall–Kier alpha value is -3.39. The Morgan fingerprint density at radius 3 is 2.57 bits per heavy atom. The van der Waals surface area contributed by atoms with E-state index in [0.717, 1.165) is 11.3 Å². The minimum absolute atomic E-state index is 0.0614. The number of hydrogen-bond donors (Lipinski definition) is 3. The van der Waals surface area contributed by atoms with Crippen molar-refractivity contribution in [3.8, 4) is 11.5 Å². The lowest BCUT2D eigenvalue weighted by Gasteiger charge is -2.16. The number of carbonyl (C=O) groups is 3. The molecule has 0 bridgehead atoms. The standard InChI is InChI=1S/C20H21N3O5/c1-2-11-28-14-9-7-13(8-10-14)23-18(25)12-16(20(23)27)21-22-19(26)15-5-3-4-6-17(15)24/h3-10,16,21,24H,2,11-12H2,1H3,(H,22,26)/t16-/m0/s1. The minimum Gasteiger partial charge on any atom is -0.507 e. The van der Waals surface area contributed by atoms with Gasteiger partial charge in [-0.2, -0.15) is 0 Å². The molecular weight excluding hydrogens is 362 g/mol. The maximum Gasteiger partial charge on any atom is 0.269 e. The number of ether oxygens (including phenoxy) is 1. The molecular formula is C20H21N3O5. The molecule has 2 aromatic rings. The van der Waals surface area contributed by atoms with Crippen LogP contribution in [0.4, 0.5) is 5.69 Å².